The van der Waals surface area contributed by atoms with Gasteiger partial charge in [-0.05, 0) is 49.2 Å². The highest BCUT2D eigenvalue weighted by molar-refractivity contribution is 6.30. The Kier molecular flexibility index (Phi) is 4.22. The summed E-state index contributed by atoms with van der Waals surface area (Å²) in [5.41, 5.74) is -2.60. The molecule has 0 aromatic heterocycles. The Morgan fingerprint density at radius 3 is 1.71 bits per heavy atom. The molecule has 2 saturated carbocycles. The molecule has 4 bridgehead atoms. The van der Waals surface area contributed by atoms with Crippen LogP contribution in [-0.4, -0.2) is 56.6 Å². The first-order chi connectivity index (χ1) is 19.4. The van der Waals surface area contributed by atoms with E-state index >= 15 is 0 Å². The third-order valence-corrected chi connectivity index (χ3v) is 10.5. The molecule has 3 N–H and O–H groups in total. The number of phenols is 2. The Bertz CT molecular complexity index is 1800. The number of allylic oxidation sites excluding steroid dienone is 2. The molecule has 9 heteroatoms. The summed E-state index contributed by atoms with van der Waals surface area (Å²) in [5, 5.41) is 33.4. The molecule has 0 amide bonds. The fourth-order valence-corrected chi connectivity index (χ4v) is 9.54. The molecular formula is C32H24O9. The van der Waals surface area contributed by atoms with Gasteiger partial charge in [-0.1, -0.05) is 12.2 Å². The topological polar surface area (TPSA) is 155 Å². The number of rotatable bonds is 1. The van der Waals surface area contributed by atoms with Gasteiger partial charge in [0.2, 0.25) is 0 Å². The molecule has 8 atom stereocenters. The number of aliphatic hydroxyl groups is 1. The van der Waals surface area contributed by atoms with Crippen molar-refractivity contribution in [3.05, 3.63) is 80.9 Å². The molecule has 2 aromatic carbocycles. The minimum atomic E-state index is -1.73. The average Bonchev–Trinajstić information content (AvgIpc) is 3.18. The van der Waals surface area contributed by atoms with Crippen LogP contribution in [0.3, 0.4) is 0 Å². The first-order valence-electron chi connectivity index (χ1n) is 13.5. The fourth-order valence-electron chi connectivity index (χ4n) is 9.54. The number of hydrogen-bond acceptors (Lipinski definition) is 9. The van der Waals surface area contributed by atoms with Gasteiger partial charge in [-0.15, -0.1) is 0 Å². The predicted molar refractivity (Wildman–Crippen MR) is 140 cm³/mol. The number of phenolic OH excluding ortho intramolecular Hbond substituents is 2. The van der Waals surface area contributed by atoms with Crippen molar-refractivity contribution in [2.24, 2.45) is 34.5 Å². The summed E-state index contributed by atoms with van der Waals surface area (Å²) in [6.07, 6.45) is 0.547. The normalized spacial score (nSPS) is 36.8. The molecule has 6 aliphatic rings. The summed E-state index contributed by atoms with van der Waals surface area (Å²) < 4.78 is 5.84. The van der Waals surface area contributed by atoms with Crippen LogP contribution in [0.15, 0.2) is 47.6 Å². The number of benzene rings is 2. The molecular weight excluding hydrogens is 528 g/mol. The number of ether oxygens (including phenoxy) is 1. The van der Waals surface area contributed by atoms with Crippen LogP contribution in [0.5, 0.6) is 11.5 Å². The molecule has 8 rings (SSSR count). The number of aliphatic hydroxyl groups excluding tert-OH is 1. The highest BCUT2D eigenvalue weighted by atomic mass is 16.5. The minimum Gasteiger partial charge on any atom is -0.507 e. The molecule has 9 nitrogen and oxygen atoms in total. The molecule has 6 aliphatic carbocycles. The summed E-state index contributed by atoms with van der Waals surface area (Å²) in [7, 11) is 0. The highest BCUT2D eigenvalue weighted by Gasteiger charge is 2.85. The van der Waals surface area contributed by atoms with Gasteiger partial charge in [0.1, 0.15) is 17.6 Å². The highest BCUT2D eigenvalue weighted by Crippen LogP contribution is 2.79. The standard InChI is InChI=1S/C32H24O9/c1-10-4-13-21(19(34)6-10)26(37)16-9-18-28(41-12(3)33)24-23-27(38)17(31(16,24)29(13)39)8-15-25(36)22-14(30(40)32(15,18)23)5-11(2)7-20(22)35/h4-9,17-18,23-24,27-28,34-35,38H,1-3H3/t17-,18+,23+,24+,27-,28-,31-,32-/m1/s1. The zero-order chi connectivity index (χ0) is 29.1. The van der Waals surface area contributed by atoms with Crippen LogP contribution in [0, 0.1) is 48.3 Å². The molecule has 0 saturated heterocycles. The van der Waals surface area contributed by atoms with Crippen LogP contribution < -0.4 is 0 Å². The van der Waals surface area contributed by atoms with Gasteiger partial charge < -0.3 is 20.1 Å². The van der Waals surface area contributed by atoms with E-state index in [1.807, 2.05) is 0 Å². The van der Waals surface area contributed by atoms with Crippen LogP contribution in [0.2, 0.25) is 0 Å². The van der Waals surface area contributed by atoms with Crippen molar-refractivity contribution in [1.82, 2.24) is 0 Å². The van der Waals surface area contributed by atoms with Gasteiger partial charge in [0, 0.05) is 52.9 Å². The largest absolute Gasteiger partial charge is 0.507 e. The van der Waals surface area contributed by atoms with E-state index < -0.39 is 75.8 Å². The summed E-state index contributed by atoms with van der Waals surface area (Å²) in [4.78, 5) is 70.2. The van der Waals surface area contributed by atoms with Crippen LogP contribution in [0.25, 0.3) is 0 Å². The van der Waals surface area contributed by atoms with Gasteiger partial charge in [0.15, 0.2) is 23.1 Å². The lowest BCUT2D eigenvalue weighted by Crippen LogP contribution is -2.59. The van der Waals surface area contributed by atoms with Crippen molar-refractivity contribution in [3.63, 3.8) is 0 Å². The number of ketones is 4. The number of aryl methyl sites for hydroxylation is 2. The lowest BCUT2D eigenvalue weighted by atomic mass is 9.49. The second kappa shape index (κ2) is 7.09. The average molecular weight is 553 g/mol. The fraction of sp³-hybridized carbons (Fsp3) is 0.344. The van der Waals surface area contributed by atoms with Crippen molar-refractivity contribution >= 4 is 29.1 Å². The quantitative estimate of drug-likeness (QED) is 0.453. The van der Waals surface area contributed by atoms with Crippen LogP contribution in [-0.2, 0) is 9.53 Å². The van der Waals surface area contributed by atoms with E-state index in [4.69, 9.17) is 4.74 Å². The predicted octanol–water partition coefficient (Wildman–Crippen LogP) is 2.81. The molecule has 2 fully saturated rings. The summed E-state index contributed by atoms with van der Waals surface area (Å²) in [6, 6.07) is 5.82. The van der Waals surface area contributed by atoms with Gasteiger partial charge in [0.25, 0.3) is 0 Å². The summed E-state index contributed by atoms with van der Waals surface area (Å²) in [5.74, 6) is -7.78. The van der Waals surface area contributed by atoms with Crippen molar-refractivity contribution in [3.8, 4) is 11.5 Å². The molecule has 206 valence electrons. The zero-order valence-electron chi connectivity index (χ0n) is 22.2. The molecule has 0 heterocycles. The Morgan fingerprint density at radius 1 is 0.756 bits per heavy atom. The van der Waals surface area contributed by atoms with Crippen LogP contribution >= 0.6 is 0 Å². The molecule has 0 aliphatic heterocycles. The summed E-state index contributed by atoms with van der Waals surface area (Å²) >= 11 is 0. The number of carbonyl (C=O) groups excluding carboxylic acids is 5. The molecule has 0 radical (unpaired) electrons. The third-order valence-electron chi connectivity index (χ3n) is 10.5. The lowest BCUT2D eigenvalue weighted by molar-refractivity contribution is -0.152. The Balaban J connectivity index is 1.50. The molecule has 2 spiro atoms. The molecule has 0 unspecified atom stereocenters. The minimum absolute atomic E-state index is 0.0130. The maximum atomic E-state index is 14.7. The second-order valence-corrected chi connectivity index (χ2v) is 12.3. The zero-order valence-corrected chi connectivity index (χ0v) is 22.2. The van der Waals surface area contributed by atoms with Crippen LogP contribution in [0.4, 0.5) is 0 Å². The van der Waals surface area contributed by atoms with Gasteiger partial charge in [0.05, 0.1) is 28.1 Å². The van der Waals surface area contributed by atoms with E-state index in [0.29, 0.717) is 11.1 Å². The SMILES string of the molecule is CC(=O)O[C@H]1[C@@H]2[C@H]3[C@H](O)[C@H]4C=C5C(=O)c6c(O)cc(C)cc6C(=O)[C@@]53[C@H]1C=C1C(=O)c3c(O)cc(C)cc3C(=O)[C@@]124. The monoisotopic (exact) mass is 552 g/mol. The molecule has 2 aromatic rings. The van der Waals surface area contributed by atoms with Gasteiger partial charge in [-0.3, -0.25) is 24.0 Å². The van der Waals surface area contributed by atoms with Crippen molar-refractivity contribution in [2.45, 2.75) is 33.0 Å². The van der Waals surface area contributed by atoms with E-state index in [9.17, 15) is 39.3 Å². The number of aromatic hydroxyl groups is 2. The van der Waals surface area contributed by atoms with E-state index in [1.54, 1.807) is 13.8 Å². The number of Topliss-reactive ketones (excluding diaryl/α,β-unsaturated/α-hetero) is 4. The van der Waals surface area contributed by atoms with Crippen molar-refractivity contribution in [2.75, 3.05) is 0 Å². The second-order valence-electron chi connectivity index (χ2n) is 12.3. The van der Waals surface area contributed by atoms with E-state index in [-0.39, 0.29) is 44.9 Å². The smallest absolute Gasteiger partial charge is 0.302 e. The van der Waals surface area contributed by atoms with Gasteiger partial charge in [-0.25, -0.2) is 0 Å². The van der Waals surface area contributed by atoms with Gasteiger partial charge in [-0.2, -0.15) is 0 Å². The van der Waals surface area contributed by atoms with E-state index in [1.165, 1.54) is 43.3 Å². The number of hydrogen-bond donors (Lipinski definition) is 3. The maximum Gasteiger partial charge on any atom is 0.302 e. The Hall–Kier alpha value is -4.37. The number of carbonyl (C=O) groups is 5. The first-order valence-corrected chi connectivity index (χ1v) is 13.5. The number of esters is 1. The summed E-state index contributed by atoms with van der Waals surface area (Å²) in [6.45, 7) is 4.55. The van der Waals surface area contributed by atoms with E-state index in [0.717, 1.165) is 0 Å². The van der Waals surface area contributed by atoms with E-state index in [2.05, 4.69) is 0 Å². The first kappa shape index (κ1) is 24.4. The Morgan fingerprint density at radius 2 is 1.22 bits per heavy atom. The number of fused-ring (bicyclic) bond motifs is 4. The molecule has 41 heavy (non-hydrogen) atoms. The third kappa shape index (κ3) is 2.33. The Labute approximate surface area is 233 Å². The van der Waals surface area contributed by atoms with Crippen LogP contribution in [0.1, 0.15) is 59.5 Å². The lowest BCUT2D eigenvalue weighted by Gasteiger charge is -2.52. The maximum absolute atomic E-state index is 14.7. The van der Waals surface area contributed by atoms with Crippen molar-refractivity contribution < 1.29 is 44.0 Å². The van der Waals surface area contributed by atoms with Crippen molar-refractivity contribution in [1.29, 1.82) is 0 Å². The van der Waals surface area contributed by atoms with Gasteiger partial charge >= 0.3 is 5.97 Å².